The van der Waals surface area contributed by atoms with Crippen LogP contribution in [0.15, 0.2) is 54.6 Å². The van der Waals surface area contributed by atoms with E-state index in [1.165, 1.54) is 5.56 Å². The van der Waals surface area contributed by atoms with Crippen LogP contribution in [0, 0.1) is 5.41 Å². The third-order valence-corrected chi connectivity index (χ3v) is 4.23. The van der Waals surface area contributed by atoms with E-state index in [1.54, 1.807) is 0 Å². The van der Waals surface area contributed by atoms with Crippen LogP contribution < -0.4 is 11.1 Å². The molecule has 2 aromatic rings. The van der Waals surface area contributed by atoms with Crippen molar-refractivity contribution in [3.63, 3.8) is 0 Å². The van der Waals surface area contributed by atoms with Crippen molar-refractivity contribution in [2.24, 2.45) is 11.1 Å². The Bertz CT molecular complexity index is 633. The van der Waals surface area contributed by atoms with Crippen LogP contribution in [0.1, 0.15) is 24.0 Å². The molecule has 1 saturated carbocycles. The largest absolute Gasteiger partial charge is 0.329 e. The van der Waals surface area contributed by atoms with Gasteiger partial charge in [0.15, 0.2) is 0 Å². The molecule has 21 heavy (non-hydrogen) atoms. The second-order valence-electron chi connectivity index (χ2n) is 5.76. The Morgan fingerprint density at radius 1 is 1.05 bits per heavy atom. The average Bonchev–Trinajstić information content (AvgIpc) is 3.31. The van der Waals surface area contributed by atoms with Crippen LogP contribution >= 0.6 is 0 Å². The predicted octanol–water partition coefficient (Wildman–Crippen LogP) is 2.95. The smallest absolute Gasteiger partial charge is 0.231 e. The summed E-state index contributed by atoms with van der Waals surface area (Å²) in [5, 5.41) is 3.07. The number of rotatable bonds is 5. The molecule has 3 heteroatoms. The first kappa shape index (κ1) is 13.8. The molecule has 0 aromatic heterocycles. The minimum Gasteiger partial charge on any atom is -0.329 e. The van der Waals surface area contributed by atoms with Gasteiger partial charge in [0.1, 0.15) is 0 Å². The van der Waals surface area contributed by atoms with Gasteiger partial charge in [-0.25, -0.2) is 0 Å². The number of amides is 1. The SMILES string of the molecule is NCC1(C(=O)Nc2ccccc2Cc2ccccc2)CC1. The number of para-hydroxylation sites is 1. The molecule has 108 valence electrons. The van der Waals surface area contributed by atoms with E-state index in [0.29, 0.717) is 6.54 Å². The molecule has 0 atom stereocenters. The van der Waals surface area contributed by atoms with Gasteiger partial charge >= 0.3 is 0 Å². The molecule has 0 heterocycles. The molecule has 2 aromatic carbocycles. The van der Waals surface area contributed by atoms with Crippen molar-refractivity contribution in [2.75, 3.05) is 11.9 Å². The maximum absolute atomic E-state index is 12.3. The Morgan fingerprint density at radius 2 is 1.71 bits per heavy atom. The molecule has 3 N–H and O–H groups in total. The molecule has 3 nitrogen and oxygen atoms in total. The monoisotopic (exact) mass is 280 g/mol. The van der Waals surface area contributed by atoms with Gasteiger partial charge < -0.3 is 11.1 Å². The Morgan fingerprint density at radius 3 is 2.38 bits per heavy atom. The van der Waals surface area contributed by atoms with Crippen molar-refractivity contribution in [1.29, 1.82) is 0 Å². The first-order valence-electron chi connectivity index (χ1n) is 7.37. The van der Waals surface area contributed by atoms with Crippen molar-refractivity contribution >= 4 is 11.6 Å². The van der Waals surface area contributed by atoms with E-state index >= 15 is 0 Å². The topological polar surface area (TPSA) is 55.1 Å². The molecule has 1 aliphatic rings. The van der Waals surface area contributed by atoms with Crippen LogP contribution in [0.4, 0.5) is 5.69 Å². The highest BCUT2D eigenvalue weighted by Gasteiger charge is 2.48. The van der Waals surface area contributed by atoms with Crippen molar-refractivity contribution in [3.05, 3.63) is 65.7 Å². The lowest BCUT2D eigenvalue weighted by Gasteiger charge is -2.15. The fourth-order valence-electron chi connectivity index (χ4n) is 2.54. The lowest BCUT2D eigenvalue weighted by Crippen LogP contribution is -2.31. The number of hydrogen-bond donors (Lipinski definition) is 2. The van der Waals surface area contributed by atoms with Crippen LogP contribution in [-0.2, 0) is 11.2 Å². The minimum absolute atomic E-state index is 0.0607. The lowest BCUT2D eigenvalue weighted by atomic mass is 10.0. The molecule has 0 saturated heterocycles. The van der Waals surface area contributed by atoms with Crippen molar-refractivity contribution < 1.29 is 4.79 Å². The quantitative estimate of drug-likeness (QED) is 0.884. The van der Waals surface area contributed by atoms with Gasteiger partial charge in [-0.1, -0.05) is 48.5 Å². The van der Waals surface area contributed by atoms with Gasteiger partial charge in [0.25, 0.3) is 0 Å². The summed E-state index contributed by atoms with van der Waals surface area (Å²) in [5.41, 5.74) is 8.66. The van der Waals surface area contributed by atoms with Gasteiger partial charge in [-0.3, -0.25) is 4.79 Å². The average molecular weight is 280 g/mol. The van der Waals surface area contributed by atoms with E-state index in [-0.39, 0.29) is 11.3 Å². The fraction of sp³-hybridized carbons (Fsp3) is 0.278. The van der Waals surface area contributed by atoms with E-state index in [4.69, 9.17) is 5.73 Å². The fourth-order valence-corrected chi connectivity index (χ4v) is 2.54. The number of nitrogens with one attached hydrogen (secondary N) is 1. The lowest BCUT2D eigenvalue weighted by molar-refractivity contribution is -0.120. The molecule has 1 fully saturated rings. The Kier molecular flexibility index (Phi) is 3.76. The number of carbonyl (C=O) groups excluding carboxylic acids is 1. The number of nitrogens with two attached hydrogens (primary N) is 1. The van der Waals surface area contributed by atoms with Crippen molar-refractivity contribution in [1.82, 2.24) is 0 Å². The summed E-state index contributed by atoms with van der Waals surface area (Å²) in [7, 11) is 0. The Hall–Kier alpha value is -2.13. The minimum atomic E-state index is -0.320. The Balaban J connectivity index is 1.78. The summed E-state index contributed by atoms with van der Waals surface area (Å²) in [6.07, 6.45) is 2.61. The molecular weight excluding hydrogens is 260 g/mol. The van der Waals surface area contributed by atoms with Crippen LogP contribution in [0.3, 0.4) is 0 Å². The van der Waals surface area contributed by atoms with Crippen LogP contribution in [0.2, 0.25) is 0 Å². The Labute approximate surface area is 125 Å². The van der Waals surface area contributed by atoms with Crippen molar-refractivity contribution in [2.45, 2.75) is 19.3 Å². The highest BCUT2D eigenvalue weighted by Crippen LogP contribution is 2.45. The zero-order chi connectivity index (χ0) is 14.7. The first-order chi connectivity index (χ1) is 10.2. The van der Waals surface area contributed by atoms with Gasteiger partial charge in [0.2, 0.25) is 5.91 Å². The van der Waals surface area contributed by atoms with E-state index < -0.39 is 0 Å². The summed E-state index contributed by atoms with van der Waals surface area (Å²) in [6, 6.07) is 18.2. The molecule has 3 rings (SSSR count). The van der Waals surface area contributed by atoms with Gasteiger partial charge in [-0.15, -0.1) is 0 Å². The molecule has 0 unspecified atom stereocenters. The number of carbonyl (C=O) groups is 1. The van der Waals surface area contributed by atoms with Gasteiger partial charge in [0.05, 0.1) is 5.41 Å². The molecule has 0 aliphatic heterocycles. The highest BCUT2D eigenvalue weighted by molar-refractivity contribution is 5.98. The number of anilines is 1. The third kappa shape index (κ3) is 2.98. The first-order valence-corrected chi connectivity index (χ1v) is 7.37. The predicted molar refractivity (Wildman–Crippen MR) is 85.0 cm³/mol. The standard InChI is InChI=1S/C18H20N2O/c19-13-18(10-11-18)17(21)20-16-9-5-4-8-15(16)12-14-6-2-1-3-7-14/h1-9H,10-13,19H2,(H,20,21). The third-order valence-electron chi connectivity index (χ3n) is 4.23. The summed E-state index contributed by atoms with van der Waals surface area (Å²) in [6.45, 7) is 0.430. The zero-order valence-electron chi connectivity index (χ0n) is 12.0. The molecular formula is C18H20N2O. The van der Waals surface area contributed by atoms with E-state index in [1.807, 2.05) is 36.4 Å². The molecule has 1 amide bonds. The highest BCUT2D eigenvalue weighted by atomic mass is 16.2. The maximum Gasteiger partial charge on any atom is 0.231 e. The summed E-state index contributed by atoms with van der Waals surface area (Å²) in [5.74, 6) is 0.0607. The maximum atomic E-state index is 12.3. The summed E-state index contributed by atoms with van der Waals surface area (Å²) < 4.78 is 0. The van der Waals surface area contributed by atoms with Crippen molar-refractivity contribution in [3.8, 4) is 0 Å². The van der Waals surface area contributed by atoms with Crippen LogP contribution in [-0.4, -0.2) is 12.5 Å². The number of hydrogen-bond acceptors (Lipinski definition) is 2. The van der Waals surface area contributed by atoms with Gasteiger partial charge in [0, 0.05) is 12.2 Å². The van der Waals surface area contributed by atoms with E-state index in [0.717, 1.165) is 30.5 Å². The second kappa shape index (κ2) is 5.70. The summed E-state index contributed by atoms with van der Waals surface area (Å²) >= 11 is 0. The second-order valence-corrected chi connectivity index (χ2v) is 5.76. The number of benzene rings is 2. The van der Waals surface area contributed by atoms with Crippen LogP contribution in [0.5, 0.6) is 0 Å². The zero-order valence-corrected chi connectivity index (χ0v) is 12.0. The molecule has 0 radical (unpaired) electrons. The molecule has 0 spiro atoms. The van der Waals surface area contributed by atoms with E-state index in [2.05, 4.69) is 23.5 Å². The van der Waals surface area contributed by atoms with Gasteiger partial charge in [-0.05, 0) is 36.5 Å². The normalized spacial score (nSPS) is 15.5. The van der Waals surface area contributed by atoms with E-state index in [9.17, 15) is 4.79 Å². The molecule has 0 bridgehead atoms. The molecule has 1 aliphatic carbocycles. The van der Waals surface area contributed by atoms with Crippen LogP contribution in [0.25, 0.3) is 0 Å². The summed E-state index contributed by atoms with van der Waals surface area (Å²) in [4.78, 5) is 12.3. The van der Waals surface area contributed by atoms with Gasteiger partial charge in [-0.2, -0.15) is 0 Å².